The van der Waals surface area contributed by atoms with Gasteiger partial charge in [0.2, 0.25) is 5.43 Å². The van der Waals surface area contributed by atoms with Gasteiger partial charge in [0.05, 0.1) is 5.52 Å². The highest BCUT2D eigenvalue weighted by Gasteiger charge is 2.22. The molecule has 0 fully saturated rings. The van der Waals surface area contributed by atoms with Crippen LogP contribution in [0.25, 0.3) is 22.2 Å². The Bertz CT molecular complexity index is 1310. The molecule has 0 amide bonds. The van der Waals surface area contributed by atoms with Crippen molar-refractivity contribution in [2.24, 2.45) is 0 Å². The molecular weight excluding hydrogens is 400 g/mol. The molecule has 150 valence electrons. The third-order valence-electron chi connectivity index (χ3n) is 5.18. The van der Waals surface area contributed by atoms with Gasteiger partial charge in [0.25, 0.3) is 0 Å². The molecule has 2 aromatic carbocycles. The first kappa shape index (κ1) is 19.9. The average molecular weight is 419 g/mol. The number of carbonyl (C=O) groups is 1. The molecule has 0 bridgehead atoms. The lowest BCUT2D eigenvalue weighted by molar-refractivity contribution is 0.0693. The molecule has 0 saturated carbocycles. The third kappa shape index (κ3) is 3.48. The normalized spacial score (nSPS) is 11.0. The van der Waals surface area contributed by atoms with Crippen molar-refractivity contribution in [3.05, 3.63) is 98.9 Å². The highest BCUT2D eigenvalue weighted by atomic mass is 35.5. The highest BCUT2D eigenvalue weighted by Crippen LogP contribution is 2.27. The summed E-state index contributed by atoms with van der Waals surface area (Å²) in [6.45, 7) is 2.26. The zero-order chi connectivity index (χ0) is 21.3. The molecule has 1 N–H and O–H groups in total. The highest BCUT2D eigenvalue weighted by molar-refractivity contribution is 6.30. The lowest BCUT2D eigenvalue weighted by atomic mass is 9.99. The summed E-state index contributed by atoms with van der Waals surface area (Å²) in [4.78, 5) is 28.9. The summed E-state index contributed by atoms with van der Waals surface area (Å²) in [6.07, 6.45) is 1.91. The van der Waals surface area contributed by atoms with Crippen molar-refractivity contribution in [1.82, 2.24) is 9.55 Å². The van der Waals surface area contributed by atoms with Crippen LogP contribution in [0.1, 0.15) is 28.5 Å². The van der Waals surface area contributed by atoms with E-state index in [0.717, 1.165) is 16.7 Å². The van der Waals surface area contributed by atoms with E-state index in [1.807, 2.05) is 60.0 Å². The average Bonchev–Trinajstić information content (AvgIpc) is 2.76. The van der Waals surface area contributed by atoms with Crippen LogP contribution < -0.4 is 5.43 Å². The van der Waals surface area contributed by atoms with E-state index in [9.17, 15) is 14.7 Å². The maximum atomic E-state index is 12.8. The maximum Gasteiger partial charge on any atom is 0.341 e. The zero-order valence-electron chi connectivity index (χ0n) is 16.3. The van der Waals surface area contributed by atoms with E-state index >= 15 is 0 Å². The van der Waals surface area contributed by atoms with E-state index in [0.29, 0.717) is 29.2 Å². The van der Waals surface area contributed by atoms with Crippen LogP contribution in [-0.4, -0.2) is 20.6 Å². The zero-order valence-corrected chi connectivity index (χ0v) is 17.1. The Labute approximate surface area is 178 Å². The Morgan fingerprint density at radius 3 is 2.50 bits per heavy atom. The number of aromatic carboxylic acids is 1. The molecule has 30 heavy (non-hydrogen) atoms. The minimum Gasteiger partial charge on any atom is -0.477 e. The Morgan fingerprint density at radius 1 is 1.07 bits per heavy atom. The minimum atomic E-state index is -1.23. The second kappa shape index (κ2) is 8.13. The Hall–Kier alpha value is -3.44. The number of carboxylic acids is 1. The number of fused-ring (bicyclic) bond motifs is 1. The van der Waals surface area contributed by atoms with Crippen molar-refractivity contribution in [2.45, 2.75) is 19.9 Å². The number of nitrogens with zero attached hydrogens (tertiary/aromatic N) is 2. The van der Waals surface area contributed by atoms with E-state index in [2.05, 4.69) is 4.98 Å². The molecule has 2 heterocycles. The monoisotopic (exact) mass is 418 g/mol. The largest absolute Gasteiger partial charge is 0.477 e. The van der Waals surface area contributed by atoms with Gasteiger partial charge in [0, 0.05) is 23.5 Å². The maximum absolute atomic E-state index is 12.8. The van der Waals surface area contributed by atoms with Gasteiger partial charge in [0.1, 0.15) is 11.1 Å². The number of halogens is 1. The summed E-state index contributed by atoms with van der Waals surface area (Å²) in [5.41, 5.74) is 3.54. The predicted molar refractivity (Wildman–Crippen MR) is 118 cm³/mol. The molecule has 0 aliphatic carbocycles. The van der Waals surface area contributed by atoms with Crippen LogP contribution in [0.3, 0.4) is 0 Å². The summed E-state index contributed by atoms with van der Waals surface area (Å²) >= 11 is 6.04. The first-order chi connectivity index (χ1) is 14.5. The minimum absolute atomic E-state index is 0.163. The summed E-state index contributed by atoms with van der Waals surface area (Å²) in [6, 6.07) is 19.1. The second-order valence-electron chi connectivity index (χ2n) is 6.93. The number of pyridine rings is 2. The lowest BCUT2D eigenvalue weighted by Crippen LogP contribution is -2.25. The number of rotatable bonds is 5. The third-order valence-corrected chi connectivity index (χ3v) is 5.44. The number of carboxylic acid groups (broad SMARTS) is 1. The number of hydrogen-bond donors (Lipinski definition) is 1. The Kier molecular flexibility index (Phi) is 5.38. The molecule has 0 aliphatic heterocycles. The van der Waals surface area contributed by atoms with Gasteiger partial charge in [0.15, 0.2) is 0 Å². The molecule has 0 atom stereocenters. The van der Waals surface area contributed by atoms with Gasteiger partial charge in [-0.2, -0.15) is 0 Å². The smallest absolute Gasteiger partial charge is 0.341 e. The van der Waals surface area contributed by atoms with Crippen LogP contribution in [0.2, 0.25) is 5.02 Å². The van der Waals surface area contributed by atoms with Crippen molar-refractivity contribution in [2.75, 3.05) is 0 Å². The van der Waals surface area contributed by atoms with Crippen LogP contribution in [0.5, 0.6) is 0 Å². The molecule has 5 nitrogen and oxygen atoms in total. The van der Waals surface area contributed by atoms with Crippen LogP contribution >= 0.6 is 11.6 Å². The van der Waals surface area contributed by atoms with Crippen LogP contribution in [-0.2, 0) is 13.0 Å². The fraction of sp³-hybridized carbons (Fsp3) is 0.125. The van der Waals surface area contributed by atoms with Crippen molar-refractivity contribution < 1.29 is 9.90 Å². The molecule has 6 heteroatoms. The fourth-order valence-corrected chi connectivity index (χ4v) is 3.95. The van der Waals surface area contributed by atoms with Gasteiger partial charge in [-0.15, -0.1) is 0 Å². The van der Waals surface area contributed by atoms with Crippen LogP contribution in [0.15, 0.2) is 71.7 Å². The van der Waals surface area contributed by atoms with Gasteiger partial charge in [-0.25, -0.2) is 4.79 Å². The topological polar surface area (TPSA) is 72.2 Å². The summed E-state index contributed by atoms with van der Waals surface area (Å²) in [7, 11) is 0. The summed E-state index contributed by atoms with van der Waals surface area (Å²) in [5, 5.41) is 10.4. The molecule has 4 aromatic rings. The van der Waals surface area contributed by atoms with E-state index in [4.69, 9.17) is 11.6 Å². The van der Waals surface area contributed by atoms with Crippen molar-refractivity contribution in [1.29, 1.82) is 0 Å². The molecule has 0 aliphatic rings. The SMILES string of the molecule is CCc1c(C(=O)O)c(=O)c2ncccc2n1Cc1ccccc1-c1ccc(Cl)cc1. The molecule has 0 spiro atoms. The van der Waals surface area contributed by atoms with Gasteiger partial charge >= 0.3 is 5.97 Å². The summed E-state index contributed by atoms with van der Waals surface area (Å²) in [5.74, 6) is -1.23. The van der Waals surface area contributed by atoms with E-state index in [-0.39, 0.29) is 11.1 Å². The lowest BCUT2D eigenvalue weighted by Gasteiger charge is -2.19. The van der Waals surface area contributed by atoms with E-state index in [1.54, 1.807) is 12.1 Å². The quantitative estimate of drug-likeness (QED) is 0.493. The summed E-state index contributed by atoms with van der Waals surface area (Å²) < 4.78 is 1.89. The molecular formula is C24H19ClN2O3. The standard InChI is InChI=1S/C24H19ClN2O3/c1-2-19-21(24(29)30)23(28)22-20(8-5-13-26-22)27(19)14-16-6-3-4-7-18(16)15-9-11-17(25)12-10-15/h3-13H,2,14H2,1H3,(H,29,30). The van der Waals surface area contributed by atoms with Gasteiger partial charge < -0.3 is 9.67 Å². The van der Waals surface area contributed by atoms with Gasteiger partial charge in [-0.05, 0) is 47.4 Å². The first-order valence-electron chi connectivity index (χ1n) is 9.58. The molecule has 0 radical (unpaired) electrons. The number of hydrogen-bond acceptors (Lipinski definition) is 3. The number of aromatic nitrogens is 2. The predicted octanol–water partition coefficient (Wildman–Crippen LogP) is 5.03. The van der Waals surface area contributed by atoms with Crippen molar-refractivity contribution in [3.8, 4) is 11.1 Å². The van der Waals surface area contributed by atoms with E-state index < -0.39 is 11.4 Å². The Morgan fingerprint density at radius 2 is 1.80 bits per heavy atom. The van der Waals surface area contributed by atoms with Gasteiger partial charge in [-0.3, -0.25) is 9.78 Å². The first-order valence-corrected chi connectivity index (χ1v) is 9.96. The number of benzene rings is 2. The van der Waals surface area contributed by atoms with Gasteiger partial charge in [-0.1, -0.05) is 54.9 Å². The second-order valence-corrected chi connectivity index (χ2v) is 7.37. The Balaban J connectivity index is 1.96. The van der Waals surface area contributed by atoms with Crippen LogP contribution in [0.4, 0.5) is 0 Å². The fourth-order valence-electron chi connectivity index (χ4n) is 3.83. The molecule has 0 unspecified atom stereocenters. The van der Waals surface area contributed by atoms with Crippen LogP contribution in [0, 0.1) is 0 Å². The molecule has 4 rings (SSSR count). The van der Waals surface area contributed by atoms with Crippen molar-refractivity contribution >= 4 is 28.6 Å². The van der Waals surface area contributed by atoms with Crippen molar-refractivity contribution in [3.63, 3.8) is 0 Å². The molecule has 2 aromatic heterocycles. The van der Waals surface area contributed by atoms with E-state index in [1.165, 1.54) is 6.20 Å². The molecule has 0 saturated heterocycles.